The van der Waals surface area contributed by atoms with Crippen molar-refractivity contribution in [2.24, 2.45) is 34.5 Å². The van der Waals surface area contributed by atoms with Gasteiger partial charge in [0.2, 0.25) is 0 Å². The van der Waals surface area contributed by atoms with Crippen molar-refractivity contribution in [1.29, 1.82) is 0 Å². The Morgan fingerprint density at radius 3 is 2.52 bits per heavy atom. The van der Waals surface area contributed by atoms with E-state index in [9.17, 15) is 19.1 Å². The van der Waals surface area contributed by atoms with E-state index in [4.69, 9.17) is 0 Å². The van der Waals surface area contributed by atoms with E-state index in [0.717, 1.165) is 17.6 Å². The molecule has 136 valence electrons. The van der Waals surface area contributed by atoms with Gasteiger partial charge < -0.3 is 5.11 Å². The Balaban J connectivity index is 1.84. The van der Waals surface area contributed by atoms with E-state index in [1.165, 1.54) is 0 Å². The lowest BCUT2D eigenvalue weighted by Crippen LogP contribution is -2.54. The summed E-state index contributed by atoms with van der Waals surface area (Å²) in [6.45, 7) is 10.4. The van der Waals surface area contributed by atoms with Crippen LogP contribution in [0.4, 0.5) is 4.39 Å². The SMILES string of the molecule is C=C1C2=C(O)C(=O)CC[C@]2(C)[C@@H]2CC[C@]3(C)C(=O)C(F)C[C@H]3[C@@H]2C1C. The molecule has 4 heteroatoms. The van der Waals surface area contributed by atoms with Crippen molar-refractivity contribution in [2.45, 2.75) is 59.0 Å². The molecule has 7 atom stereocenters. The van der Waals surface area contributed by atoms with Gasteiger partial charge in [-0.2, -0.15) is 0 Å². The molecular weight excluding hydrogens is 319 g/mol. The molecule has 0 saturated heterocycles. The Morgan fingerprint density at radius 2 is 1.84 bits per heavy atom. The van der Waals surface area contributed by atoms with Crippen molar-refractivity contribution in [3.05, 3.63) is 23.5 Å². The molecule has 0 aliphatic heterocycles. The molecule has 3 saturated carbocycles. The summed E-state index contributed by atoms with van der Waals surface area (Å²) >= 11 is 0. The summed E-state index contributed by atoms with van der Waals surface area (Å²) in [5, 5.41) is 10.5. The summed E-state index contributed by atoms with van der Waals surface area (Å²) in [5.74, 6) is -0.00686. The van der Waals surface area contributed by atoms with E-state index in [1.54, 1.807) is 0 Å². The number of aliphatic hydroxyl groups excluding tert-OH is 1. The number of hydrogen-bond acceptors (Lipinski definition) is 3. The second-order valence-corrected chi connectivity index (χ2v) is 9.19. The molecule has 0 bridgehead atoms. The van der Waals surface area contributed by atoms with Gasteiger partial charge in [-0.1, -0.05) is 27.4 Å². The number of hydrogen-bond donors (Lipinski definition) is 1. The molecule has 4 aliphatic carbocycles. The molecule has 0 amide bonds. The second-order valence-electron chi connectivity index (χ2n) is 9.19. The first kappa shape index (κ1) is 17.0. The Morgan fingerprint density at radius 1 is 1.16 bits per heavy atom. The van der Waals surface area contributed by atoms with Crippen LogP contribution in [0, 0.1) is 34.5 Å². The normalized spacial score (nSPS) is 49.8. The summed E-state index contributed by atoms with van der Waals surface area (Å²) in [7, 11) is 0. The number of alkyl halides is 1. The Bertz CT molecular complexity index is 723. The van der Waals surface area contributed by atoms with Gasteiger partial charge in [-0.05, 0) is 54.9 Å². The second kappa shape index (κ2) is 5.05. The van der Waals surface area contributed by atoms with Gasteiger partial charge in [0.05, 0.1) is 0 Å². The average molecular weight is 346 g/mol. The molecule has 0 heterocycles. The number of rotatable bonds is 0. The van der Waals surface area contributed by atoms with E-state index in [2.05, 4.69) is 20.4 Å². The fourth-order valence-corrected chi connectivity index (χ4v) is 6.77. The molecule has 0 spiro atoms. The fraction of sp³-hybridized carbons (Fsp3) is 0.714. The fourth-order valence-electron chi connectivity index (χ4n) is 6.77. The molecule has 3 nitrogen and oxygen atoms in total. The van der Waals surface area contributed by atoms with Crippen molar-refractivity contribution in [1.82, 2.24) is 0 Å². The molecule has 4 rings (SSSR count). The van der Waals surface area contributed by atoms with E-state index >= 15 is 0 Å². The van der Waals surface area contributed by atoms with E-state index in [1.807, 2.05) is 6.92 Å². The molecule has 3 fully saturated rings. The summed E-state index contributed by atoms with van der Waals surface area (Å²) in [4.78, 5) is 24.6. The maximum Gasteiger partial charge on any atom is 0.197 e. The third kappa shape index (κ3) is 1.91. The standard InChI is InChI=1S/C21H27FO3/c1-10-11(2)17-18(24)15(23)6-8-20(17,3)12-5-7-21(4)13(16(10)12)9-14(22)19(21)25/h10,12-14,16,24H,2,5-9H2,1,3-4H3/t10?,12-,13+,14?,16-,20-,21+/m1/s1. The lowest BCUT2D eigenvalue weighted by molar-refractivity contribution is -0.136. The third-order valence-electron chi connectivity index (χ3n) is 8.24. The number of halogens is 1. The van der Waals surface area contributed by atoms with Crippen molar-refractivity contribution < 1.29 is 19.1 Å². The van der Waals surface area contributed by atoms with Crippen LogP contribution in [-0.2, 0) is 9.59 Å². The van der Waals surface area contributed by atoms with Crippen LogP contribution in [0.2, 0.25) is 0 Å². The molecule has 0 radical (unpaired) electrons. The number of ketones is 2. The van der Waals surface area contributed by atoms with Crippen molar-refractivity contribution in [2.75, 3.05) is 0 Å². The maximum absolute atomic E-state index is 14.3. The molecule has 4 aliphatic rings. The summed E-state index contributed by atoms with van der Waals surface area (Å²) < 4.78 is 14.3. The quantitative estimate of drug-likeness (QED) is 0.710. The van der Waals surface area contributed by atoms with Crippen LogP contribution in [0.3, 0.4) is 0 Å². The highest BCUT2D eigenvalue weighted by atomic mass is 19.1. The van der Waals surface area contributed by atoms with Gasteiger partial charge >= 0.3 is 0 Å². The van der Waals surface area contributed by atoms with Crippen LogP contribution < -0.4 is 0 Å². The number of fused-ring (bicyclic) bond motifs is 5. The lowest BCUT2D eigenvalue weighted by Gasteiger charge is -2.59. The number of Topliss-reactive ketones (excluding diaryl/α,β-unsaturated/α-hetero) is 2. The number of aliphatic hydroxyl groups is 1. The Kier molecular flexibility index (Phi) is 3.43. The molecule has 0 aromatic heterocycles. The largest absolute Gasteiger partial charge is 0.504 e. The van der Waals surface area contributed by atoms with Crippen molar-refractivity contribution >= 4 is 11.6 Å². The predicted molar refractivity (Wildman–Crippen MR) is 92.6 cm³/mol. The van der Waals surface area contributed by atoms with Crippen LogP contribution in [0.5, 0.6) is 0 Å². The smallest absolute Gasteiger partial charge is 0.197 e. The Hall–Kier alpha value is -1.45. The van der Waals surface area contributed by atoms with Gasteiger partial charge in [-0.3, -0.25) is 9.59 Å². The minimum atomic E-state index is -1.35. The third-order valence-corrected chi connectivity index (χ3v) is 8.24. The molecule has 25 heavy (non-hydrogen) atoms. The van der Waals surface area contributed by atoms with Crippen LogP contribution in [0.1, 0.15) is 52.9 Å². The number of carbonyl (C=O) groups is 2. The van der Waals surface area contributed by atoms with Gasteiger partial charge in [0.25, 0.3) is 0 Å². The first-order chi connectivity index (χ1) is 11.6. The molecule has 0 aromatic rings. The summed E-state index contributed by atoms with van der Waals surface area (Å²) in [6, 6.07) is 0. The Labute approximate surface area is 148 Å². The van der Waals surface area contributed by atoms with Gasteiger partial charge in [-0.25, -0.2) is 4.39 Å². The zero-order valence-electron chi connectivity index (χ0n) is 15.3. The predicted octanol–water partition coefficient (Wildman–Crippen LogP) is 4.33. The van der Waals surface area contributed by atoms with Gasteiger partial charge in [-0.15, -0.1) is 0 Å². The minimum absolute atomic E-state index is 0.0265. The summed E-state index contributed by atoms with van der Waals surface area (Å²) in [6.07, 6.45) is 1.57. The van der Waals surface area contributed by atoms with Crippen LogP contribution in [0.25, 0.3) is 0 Å². The molecule has 2 unspecified atom stereocenters. The number of allylic oxidation sites excluding steroid dienone is 2. The van der Waals surface area contributed by atoms with E-state index in [-0.39, 0.29) is 46.4 Å². The number of carbonyl (C=O) groups excluding carboxylic acids is 2. The average Bonchev–Trinajstić information content (AvgIpc) is 2.80. The molecule has 1 N–H and O–H groups in total. The van der Waals surface area contributed by atoms with Crippen LogP contribution >= 0.6 is 0 Å². The van der Waals surface area contributed by atoms with Gasteiger partial charge in [0.15, 0.2) is 23.5 Å². The zero-order valence-corrected chi connectivity index (χ0v) is 15.3. The van der Waals surface area contributed by atoms with E-state index in [0.29, 0.717) is 25.7 Å². The lowest BCUT2D eigenvalue weighted by atomic mass is 9.44. The van der Waals surface area contributed by atoms with Crippen LogP contribution in [-0.4, -0.2) is 22.8 Å². The van der Waals surface area contributed by atoms with Gasteiger partial charge in [0, 0.05) is 22.8 Å². The first-order valence-electron chi connectivity index (χ1n) is 9.47. The summed E-state index contributed by atoms with van der Waals surface area (Å²) in [5.41, 5.74) is 0.681. The molecule has 0 aromatic carbocycles. The van der Waals surface area contributed by atoms with Crippen molar-refractivity contribution in [3.63, 3.8) is 0 Å². The van der Waals surface area contributed by atoms with Gasteiger partial charge in [0.1, 0.15) is 0 Å². The van der Waals surface area contributed by atoms with Crippen LogP contribution in [0.15, 0.2) is 23.5 Å². The topological polar surface area (TPSA) is 54.4 Å². The van der Waals surface area contributed by atoms with E-state index < -0.39 is 11.6 Å². The maximum atomic E-state index is 14.3. The first-order valence-corrected chi connectivity index (χ1v) is 9.47. The monoisotopic (exact) mass is 346 g/mol. The molecular formula is C21H27FO3. The van der Waals surface area contributed by atoms with Crippen molar-refractivity contribution in [3.8, 4) is 0 Å². The minimum Gasteiger partial charge on any atom is -0.504 e. The highest BCUT2D eigenvalue weighted by molar-refractivity contribution is 5.96. The highest BCUT2D eigenvalue weighted by Gasteiger charge is 2.64. The zero-order chi connectivity index (χ0) is 18.3. The highest BCUT2D eigenvalue weighted by Crippen LogP contribution is 2.67.